The molecule has 4 rings (SSSR count). The van der Waals surface area contributed by atoms with Gasteiger partial charge in [0.25, 0.3) is 0 Å². The summed E-state index contributed by atoms with van der Waals surface area (Å²) in [5.74, 6) is 32.9. The van der Waals surface area contributed by atoms with Crippen LogP contribution in [0.3, 0.4) is 0 Å². The molecule has 8 nitrogen and oxygen atoms in total. The van der Waals surface area contributed by atoms with Crippen LogP contribution in [0.2, 0.25) is 0 Å². The second-order valence-corrected chi connectivity index (χ2v) is 11.4. The van der Waals surface area contributed by atoms with Crippen LogP contribution in [0.5, 0.6) is 0 Å². The van der Waals surface area contributed by atoms with Gasteiger partial charge in [-0.15, -0.1) is 6.42 Å². The number of hydrogen-bond donors (Lipinski definition) is 0. The number of carbonyl (C=O) groups is 4. The van der Waals surface area contributed by atoms with Crippen molar-refractivity contribution in [1.82, 2.24) is 0 Å². The van der Waals surface area contributed by atoms with E-state index in [4.69, 9.17) is 6.42 Å². The number of amides is 4. The lowest BCUT2D eigenvalue weighted by Gasteiger charge is -2.17. The second-order valence-electron chi connectivity index (χ2n) is 9.41. The fourth-order valence-corrected chi connectivity index (χ4v) is 5.63. The van der Waals surface area contributed by atoms with Gasteiger partial charge in [-0.2, -0.15) is 0 Å². The lowest BCUT2D eigenvalue weighted by molar-refractivity contribution is -0.123. The van der Waals surface area contributed by atoms with Crippen LogP contribution in [0.15, 0.2) is 58.3 Å². The van der Waals surface area contributed by atoms with Gasteiger partial charge >= 0.3 is 0 Å². The summed E-state index contributed by atoms with van der Waals surface area (Å²) in [5.41, 5.74) is 0.199. The number of rotatable bonds is 4. The molecule has 0 radical (unpaired) electrons. The summed E-state index contributed by atoms with van der Waals surface area (Å²) in [7, 11) is -4.17. The molecule has 0 bridgehead atoms. The molecule has 9 heteroatoms. The van der Waals surface area contributed by atoms with Gasteiger partial charge in [0.15, 0.2) is 0 Å². The van der Waals surface area contributed by atoms with Crippen LogP contribution < -0.4 is 9.80 Å². The van der Waals surface area contributed by atoms with Crippen molar-refractivity contribution in [2.24, 2.45) is 11.8 Å². The molecule has 2 fully saturated rings. The molecule has 0 saturated carbocycles. The van der Waals surface area contributed by atoms with Crippen molar-refractivity contribution in [1.29, 1.82) is 0 Å². The zero-order valence-corrected chi connectivity index (χ0v) is 24.8. The molecule has 218 valence electrons. The van der Waals surface area contributed by atoms with Gasteiger partial charge in [0, 0.05) is 12.3 Å². The Hall–Kier alpha value is -6.85. The maximum Gasteiger partial charge on any atom is 0.249 e. The van der Waals surface area contributed by atoms with Crippen LogP contribution >= 0.6 is 0 Å². The number of nitrogens with zero attached hydrogens (tertiary/aromatic N) is 2. The van der Waals surface area contributed by atoms with Crippen molar-refractivity contribution in [3.05, 3.63) is 48.5 Å². The Balaban J connectivity index is 1.47. The van der Waals surface area contributed by atoms with E-state index < -0.39 is 45.3 Å². The van der Waals surface area contributed by atoms with Crippen LogP contribution in [0.4, 0.5) is 11.4 Å². The van der Waals surface area contributed by atoms with Gasteiger partial charge in [0.2, 0.25) is 33.5 Å². The molecule has 2 unspecified atom stereocenters. The quantitative estimate of drug-likeness (QED) is 0.383. The average Bonchev–Trinajstić information content (AvgIpc) is 3.47. The summed E-state index contributed by atoms with van der Waals surface area (Å²) in [6.45, 7) is 1.63. The highest BCUT2D eigenvalue weighted by Gasteiger charge is 2.39. The van der Waals surface area contributed by atoms with Gasteiger partial charge in [-0.3, -0.25) is 24.1 Å². The molecule has 0 N–H and O–H groups in total. The fraction of sp³-hybridized carbons (Fsp3) is 0.135. The smallest absolute Gasteiger partial charge is 0.249 e. The molecule has 0 aliphatic carbocycles. The topological polar surface area (TPSA) is 109 Å². The van der Waals surface area contributed by atoms with Crippen LogP contribution in [0, 0.1) is 107 Å². The summed E-state index contributed by atoms with van der Waals surface area (Å²) < 4.78 is 27.1. The Morgan fingerprint density at radius 3 is 1.52 bits per heavy atom. The highest BCUT2D eigenvalue weighted by atomic mass is 32.2. The van der Waals surface area contributed by atoms with E-state index in [0.29, 0.717) is 0 Å². The SMILES string of the molecule is C#CC#CC#CC#CC#CC#CC#CC#CC1CC(=O)N(c2cccc(S(=O)(=O)c3cccc(N4C(=O)CC(C)C4=O)c3)c2)C1=O. The number of benzene rings is 2. The van der Waals surface area contributed by atoms with Crippen molar-refractivity contribution in [2.45, 2.75) is 29.6 Å². The van der Waals surface area contributed by atoms with Crippen molar-refractivity contribution >= 4 is 44.8 Å². The third-order valence-corrected chi connectivity index (χ3v) is 8.11. The van der Waals surface area contributed by atoms with Gasteiger partial charge in [0.05, 0.1) is 27.6 Å². The highest BCUT2D eigenvalue weighted by Crippen LogP contribution is 2.32. The van der Waals surface area contributed by atoms with E-state index in [-0.39, 0.29) is 34.0 Å². The number of sulfone groups is 1. The molecule has 0 spiro atoms. The Bertz CT molecular complexity index is 2300. The lowest BCUT2D eigenvalue weighted by Crippen LogP contribution is -2.30. The second kappa shape index (κ2) is 14.6. The van der Waals surface area contributed by atoms with E-state index >= 15 is 0 Å². The molecular weight excluding hydrogens is 600 g/mol. The van der Waals surface area contributed by atoms with E-state index in [0.717, 1.165) is 9.80 Å². The largest absolute Gasteiger partial charge is 0.274 e. The average molecular weight is 619 g/mol. The van der Waals surface area contributed by atoms with Crippen LogP contribution in [-0.4, -0.2) is 32.0 Å². The first kappa shape index (κ1) is 32.1. The van der Waals surface area contributed by atoms with Gasteiger partial charge < -0.3 is 0 Å². The fourth-order valence-electron chi connectivity index (χ4n) is 4.29. The van der Waals surface area contributed by atoms with Gasteiger partial charge in [-0.1, -0.05) is 25.0 Å². The molecule has 46 heavy (non-hydrogen) atoms. The molecule has 2 atom stereocenters. The van der Waals surface area contributed by atoms with Crippen molar-refractivity contribution in [3.63, 3.8) is 0 Å². The Kier molecular flexibility index (Phi) is 10.1. The maximum atomic E-state index is 13.5. The third kappa shape index (κ3) is 7.37. The minimum Gasteiger partial charge on any atom is -0.274 e. The predicted octanol–water partition coefficient (Wildman–Crippen LogP) is 1.96. The van der Waals surface area contributed by atoms with E-state index in [1.807, 2.05) is 0 Å². The predicted molar refractivity (Wildman–Crippen MR) is 168 cm³/mol. The zero-order chi connectivity index (χ0) is 33.1. The van der Waals surface area contributed by atoms with E-state index in [2.05, 4.69) is 88.8 Å². The van der Waals surface area contributed by atoms with Crippen LogP contribution in [0.25, 0.3) is 0 Å². The summed E-state index contributed by atoms with van der Waals surface area (Å²) in [5, 5.41) is 0. The monoisotopic (exact) mass is 618 g/mol. The molecule has 2 aliphatic heterocycles. The molecule has 2 aliphatic rings. The van der Waals surface area contributed by atoms with Gasteiger partial charge in [-0.05, 0) is 119 Å². The molecule has 2 aromatic carbocycles. The summed E-state index contributed by atoms with van der Waals surface area (Å²) >= 11 is 0. The van der Waals surface area contributed by atoms with E-state index in [9.17, 15) is 27.6 Å². The Morgan fingerprint density at radius 1 is 0.630 bits per heavy atom. The minimum absolute atomic E-state index is 0.0382. The number of anilines is 2. The van der Waals surface area contributed by atoms with E-state index in [1.54, 1.807) is 6.92 Å². The normalized spacial score (nSPS) is 16.1. The van der Waals surface area contributed by atoms with E-state index in [1.165, 1.54) is 48.5 Å². The summed E-state index contributed by atoms with van der Waals surface area (Å²) in [4.78, 5) is 52.1. The number of hydrogen-bond acceptors (Lipinski definition) is 6. The molecular formula is C37H18N2O6S. The summed E-state index contributed by atoms with van der Waals surface area (Å²) in [6, 6.07) is 10.9. The first-order chi connectivity index (χ1) is 22.1. The van der Waals surface area contributed by atoms with Crippen LogP contribution in [0.1, 0.15) is 19.8 Å². The first-order valence-electron chi connectivity index (χ1n) is 13.3. The molecule has 4 amide bonds. The maximum absolute atomic E-state index is 13.5. The lowest BCUT2D eigenvalue weighted by atomic mass is 10.1. The summed E-state index contributed by atoms with van der Waals surface area (Å²) in [6.07, 6.45) is 4.78. The number of carbonyl (C=O) groups excluding carboxylic acids is 4. The number of imide groups is 2. The van der Waals surface area contributed by atoms with Gasteiger partial charge in [-0.25, -0.2) is 13.3 Å². The minimum atomic E-state index is -4.17. The molecule has 2 aromatic rings. The third-order valence-electron chi connectivity index (χ3n) is 6.36. The number of terminal acetylenes is 1. The zero-order valence-electron chi connectivity index (χ0n) is 24.0. The van der Waals surface area contributed by atoms with Crippen LogP contribution in [-0.2, 0) is 29.0 Å². The molecule has 2 heterocycles. The first-order valence-corrected chi connectivity index (χ1v) is 14.8. The van der Waals surface area contributed by atoms with Gasteiger partial charge in [0.1, 0.15) is 5.92 Å². The highest BCUT2D eigenvalue weighted by molar-refractivity contribution is 7.91. The Labute approximate surface area is 266 Å². The molecule has 2 saturated heterocycles. The standard InChI is InChI=1S/C37H18N2O6S/c1-3-4-5-6-7-8-9-10-11-12-13-14-15-16-19-29-25-35(41)39(37(29)43)31-21-18-23-33(27-31)46(44,45)32-22-17-20-30(26-32)38-34(40)24-28(2)36(38)42/h1,17-18,20-23,26-29H,24-25H2,2H3. The molecule has 0 aromatic heterocycles. The van der Waals surface area contributed by atoms with Crippen molar-refractivity contribution in [2.75, 3.05) is 9.80 Å². The van der Waals surface area contributed by atoms with Crippen molar-refractivity contribution in [3.8, 4) is 95.2 Å². The Morgan fingerprint density at radius 2 is 1.07 bits per heavy atom. The van der Waals surface area contributed by atoms with Crippen molar-refractivity contribution < 1.29 is 27.6 Å².